The molecule has 0 bridgehead atoms. The fourth-order valence-corrected chi connectivity index (χ4v) is 2.57. The molecule has 1 N–H and O–H groups in total. The maximum absolute atomic E-state index is 6.04. The smallest absolute Gasteiger partial charge is 0.148 e. The highest BCUT2D eigenvalue weighted by Crippen LogP contribution is 2.35. The number of aromatic nitrogens is 1. The summed E-state index contributed by atoms with van der Waals surface area (Å²) in [5.74, 6) is 0.971. The highest BCUT2D eigenvalue weighted by Gasteiger charge is 2.19. The molecule has 0 amide bonds. The van der Waals surface area contributed by atoms with Crippen LogP contribution in [0.5, 0.6) is 5.75 Å². The van der Waals surface area contributed by atoms with E-state index in [2.05, 4.69) is 9.88 Å². The molecule has 0 unspecified atom stereocenters. The minimum Gasteiger partial charge on any atom is -0.494 e. The standard InChI is InChI=1S/C12H13ClN2O.ClH/c1-16-12-9-3-2-8(13)6-10(9)15-5-4-14-7-11(12)15;/h2-3,6,14H,4-5,7H2,1H3;1H. The molecule has 2 aromatic rings. The fraction of sp³-hybridized carbons (Fsp3) is 0.333. The van der Waals surface area contributed by atoms with Gasteiger partial charge in [0.05, 0.1) is 18.3 Å². The van der Waals surface area contributed by atoms with E-state index in [9.17, 15) is 0 Å². The molecular weight excluding hydrogens is 259 g/mol. The van der Waals surface area contributed by atoms with Crippen molar-refractivity contribution in [1.29, 1.82) is 0 Å². The van der Waals surface area contributed by atoms with Crippen LogP contribution in [0.4, 0.5) is 0 Å². The molecular formula is C12H14Cl2N2O. The van der Waals surface area contributed by atoms with Gasteiger partial charge in [0.25, 0.3) is 0 Å². The number of fused-ring (bicyclic) bond motifs is 3. The van der Waals surface area contributed by atoms with Crippen LogP contribution in [0.1, 0.15) is 5.69 Å². The van der Waals surface area contributed by atoms with Crippen LogP contribution in [-0.2, 0) is 13.1 Å². The maximum Gasteiger partial charge on any atom is 0.148 e. The van der Waals surface area contributed by atoms with Crippen molar-refractivity contribution < 1.29 is 4.74 Å². The molecule has 0 saturated heterocycles. The van der Waals surface area contributed by atoms with Gasteiger partial charge in [-0.15, -0.1) is 12.4 Å². The summed E-state index contributed by atoms with van der Waals surface area (Å²) >= 11 is 6.04. The molecule has 1 aliphatic heterocycles. The van der Waals surface area contributed by atoms with E-state index >= 15 is 0 Å². The number of benzene rings is 1. The van der Waals surface area contributed by atoms with Crippen LogP contribution in [0, 0.1) is 0 Å². The summed E-state index contributed by atoms with van der Waals surface area (Å²) in [5.41, 5.74) is 2.38. The van der Waals surface area contributed by atoms with E-state index in [0.717, 1.165) is 35.8 Å². The first-order valence-electron chi connectivity index (χ1n) is 5.36. The van der Waals surface area contributed by atoms with Crippen LogP contribution in [0.3, 0.4) is 0 Å². The van der Waals surface area contributed by atoms with Gasteiger partial charge >= 0.3 is 0 Å². The first-order chi connectivity index (χ1) is 7.81. The van der Waals surface area contributed by atoms with Crippen molar-refractivity contribution in [2.24, 2.45) is 0 Å². The average Bonchev–Trinajstić information content (AvgIpc) is 2.62. The van der Waals surface area contributed by atoms with Gasteiger partial charge in [-0.05, 0) is 18.2 Å². The molecule has 5 heteroatoms. The van der Waals surface area contributed by atoms with Crippen molar-refractivity contribution >= 4 is 34.9 Å². The summed E-state index contributed by atoms with van der Waals surface area (Å²) in [5, 5.41) is 5.27. The average molecular weight is 273 g/mol. The Kier molecular flexibility index (Phi) is 3.52. The quantitative estimate of drug-likeness (QED) is 0.864. The lowest BCUT2D eigenvalue weighted by Crippen LogP contribution is -2.27. The molecule has 2 heterocycles. The molecule has 17 heavy (non-hydrogen) atoms. The van der Waals surface area contributed by atoms with Crippen molar-refractivity contribution in [2.45, 2.75) is 13.1 Å². The second-order valence-corrected chi connectivity index (χ2v) is 4.41. The van der Waals surface area contributed by atoms with Gasteiger partial charge in [-0.2, -0.15) is 0 Å². The topological polar surface area (TPSA) is 26.2 Å². The molecule has 3 rings (SSSR count). The molecule has 0 saturated carbocycles. The third kappa shape index (κ3) is 1.88. The second-order valence-electron chi connectivity index (χ2n) is 3.97. The first kappa shape index (κ1) is 12.6. The van der Waals surface area contributed by atoms with Crippen molar-refractivity contribution in [2.75, 3.05) is 13.7 Å². The van der Waals surface area contributed by atoms with E-state index in [-0.39, 0.29) is 12.4 Å². The number of rotatable bonds is 1. The van der Waals surface area contributed by atoms with E-state index in [1.807, 2.05) is 18.2 Å². The Bertz CT molecular complexity index is 551. The van der Waals surface area contributed by atoms with Gasteiger partial charge in [-0.1, -0.05) is 11.6 Å². The number of halogens is 2. The predicted octanol–water partition coefficient (Wildman–Crippen LogP) is 2.83. The van der Waals surface area contributed by atoms with Crippen LogP contribution < -0.4 is 10.1 Å². The SMILES string of the molecule is COc1c2n(c3cc(Cl)ccc13)CCNC2.Cl. The number of nitrogens with one attached hydrogen (secondary N) is 1. The Labute approximate surface area is 111 Å². The van der Waals surface area contributed by atoms with E-state index in [0.29, 0.717) is 0 Å². The van der Waals surface area contributed by atoms with Gasteiger partial charge in [0, 0.05) is 30.0 Å². The first-order valence-corrected chi connectivity index (χ1v) is 5.74. The van der Waals surface area contributed by atoms with Crippen molar-refractivity contribution in [3.8, 4) is 5.75 Å². The Hall–Kier alpha value is -0.900. The molecule has 0 atom stereocenters. The maximum atomic E-state index is 6.04. The van der Waals surface area contributed by atoms with Crippen LogP contribution in [-0.4, -0.2) is 18.2 Å². The summed E-state index contributed by atoms with van der Waals surface area (Å²) < 4.78 is 7.79. The fourth-order valence-electron chi connectivity index (χ4n) is 2.40. The highest BCUT2D eigenvalue weighted by molar-refractivity contribution is 6.31. The number of nitrogens with zero attached hydrogens (tertiary/aromatic N) is 1. The molecule has 0 spiro atoms. The Morgan fingerprint density at radius 3 is 3.00 bits per heavy atom. The molecule has 1 aliphatic rings. The summed E-state index contributed by atoms with van der Waals surface area (Å²) in [4.78, 5) is 0. The summed E-state index contributed by atoms with van der Waals surface area (Å²) in [6, 6.07) is 5.95. The van der Waals surface area contributed by atoms with Gasteiger partial charge in [0.2, 0.25) is 0 Å². The molecule has 92 valence electrons. The lowest BCUT2D eigenvalue weighted by molar-refractivity contribution is 0.401. The van der Waals surface area contributed by atoms with E-state index in [1.165, 1.54) is 11.2 Å². The molecule has 1 aromatic carbocycles. The lowest BCUT2D eigenvalue weighted by Gasteiger charge is -2.17. The second kappa shape index (κ2) is 4.77. The zero-order chi connectivity index (χ0) is 11.1. The summed E-state index contributed by atoms with van der Waals surface area (Å²) in [6.45, 7) is 2.82. The van der Waals surface area contributed by atoms with Gasteiger partial charge < -0.3 is 14.6 Å². The van der Waals surface area contributed by atoms with Gasteiger partial charge in [-0.25, -0.2) is 0 Å². The third-order valence-corrected chi connectivity index (χ3v) is 3.33. The number of hydrogen-bond acceptors (Lipinski definition) is 2. The largest absolute Gasteiger partial charge is 0.494 e. The zero-order valence-electron chi connectivity index (χ0n) is 9.50. The minimum atomic E-state index is 0. The van der Waals surface area contributed by atoms with E-state index in [1.54, 1.807) is 7.11 Å². The Morgan fingerprint density at radius 2 is 2.24 bits per heavy atom. The van der Waals surface area contributed by atoms with Crippen molar-refractivity contribution in [1.82, 2.24) is 9.88 Å². The normalized spacial score (nSPS) is 14.2. The molecule has 0 fully saturated rings. The Balaban J connectivity index is 0.00000108. The van der Waals surface area contributed by atoms with E-state index in [4.69, 9.17) is 16.3 Å². The van der Waals surface area contributed by atoms with Gasteiger partial charge in [-0.3, -0.25) is 0 Å². The summed E-state index contributed by atoms with van der Waals surface area (Å²) in [6.07, 6.45) is 0. The highest BCUT2D eigenvalue weighted by atomic mass is 35.5. The van der Waals surface area contributed by atoms with Gasteiger partial charge in [0.15, 0.2) is 0 Å². The van der Waals surface area contributed by atoms with E-state index < -0.39 is 0 Å². The minimum absolute atomic E-state index is 0. The van der Waals surface area contributed by atoms with Crippen molar-refractivity contribution in [3.63, 3.8) is 0 Å². The lowest BCUT2D eigenvalue weighted by atomic mass is 10.2. The number of hydrogen-bond donors (Lipinski definition) is 1. The molecule has 0 aliphatic carbocycles. The third-order valence-electron chi connectivity index (χ3n) is 3.09. The van der Waals surface area contributed by atoms with Crippen LogP contribution in [0.15, 0.2) is 18.2 Å². The number of ether oxygens (including phenoxy) is 1. The monoisotopic (exact) mass is 272 g/mol. The summed E-state index contributed by atoms with van der Waals surface area (Å²) in [7, 11) is 1.72. The van der Waals surface area contributed by atoms with Crippen LogP contribution >= 0.6 is 24.0 Å². The van der Waals surface area contributed by atoms with Crippen molar-refractivity contribution in [3.05, 3.63) is 28.9 Å². The predicted molar refractivity (Wildman–Crippen MR) is 72.5 cm³/mol. The molecule has 0 radical (unpaired) electrons. The number of methoxy groups -OCH3 is 1. The Morgan fingerprint density at radius 1 is 1.41 bits per heavy atom. The molecule has 1 aromatic heterocycles. The van der Waals surface area contributed by atoms with Gasteiger partial charge in [0.1, 0.15) is 5.75 Å². The van der Waals surface area contributed by atoms with Crippen LogP contribution in [0.2, 0.25) is 5.02 Å². The molecule has 3 nitrogen and oxygen atoms in total. The zero-order valence-corrected chi connectivity index (χ0v) is 11.1. The van der Waals surface area contributed by atoms with Crippen LogP contribution in [0.25, 0.3) is 10.9 Å².